The summed E-state index contributed by atoms with van der Waals surface area (Å²) < 4.78 is 24.0. The molecule has 0 fully saturated rings. The number of aromatic nitrogens is 5. The molecule has 5 rings (SSSR count). The minimum atomic E-state index is -0.559. The molecule has 0 saturated carbocycles. The second-order valence-electron chi connectivity index (χ2n) is 9.46. The molecule has 0 saturated heterocycles. The number of imidazole rings is 1. The van der Waals surface area contributed by atoms with Gasteiger partial charge in [0.25, 0.3) is 5.56 Å². The Balaban J connectivity index is 2.05. The number of ether oxygens (including phenoxy) is 1. The Morgan fingerprint density at radius 3 is 2.64 bits per heavy atom. The third kappa shape index (κ3) is 4.34. The van der Waals surface area contributed by atoms with Crippen LogP contribution in [0, 0.1) is 12.7 Å². The lowest BCUT2D eigenvalue weighted by molar-refractivity contribution is 0.413. The monoisotopic (exact) mass is 568 g/mol. The predicted molar refractivity (Wildman–Crippen MR) is 153 cm³/mol. The van der Waals surface area contributed by atoms with E-state index in [0.717, 1.165) is 5.56 Å². The molecule has 0 aliphatic rings. The number of benzene rings is 1. The highest BCUT2D eigenvalue weighted by molar-refractivity contribution is 6.34. The predicted octanol–water partition coefficient (Wildman–Crippen LogP) is 5.73. The normalized spacial score (nSPS) is 11.7. The second-order valence-corrected chi connectivity index (χ2v) is 10.1. The summed E-state index contributed by atoms with van der Waals surface area (Å²) in [5, 5.41) is 0.723. The van der Waals surface area contributed by atoms with Gasteiger partial charge in [0.1, 0.15) is 17.4 Å². The molecule has 0 unspecified atom stereocenters. The molecule has 202 valence electrons. The van der Waals surface area contributed by atoms with Crippen LogP contribution in [0.5, 0.6) is 5.75 Å². The van der Waals surface area contributed by atoms with Gasteiger partial charge in [0.05, 0.1) is 46.2 Å². The second kappa shape index (κ2) is 10.6. The van der Waals surface area contributed by atoms with Crippen LogP contribution in [0.4, 0.5) is 4.39 Å². The summed E-state index contributed by atoms with van der Waals surface area (Å²) in [4.78, 5) is 28.4. The van der Waals surface area contributed by atoms with Crippen molar-refractivity contribution in [2.24, 2.45) is 5.73 Å². The highest BCUT2D eigenvalue weighted by Gasteiger charge is 2.26. The quantitative estimate of drug-likeness (QED) is 0.252. The van der Waals surface area contributed by atoms with Gasteiger partial charge in [-0.2, -0.15) is 0 Å². The van der Waals surface area contributed by atoms with E-state index in [9.17, 15) is 4.79 Å². The summed E-state index contributed by atoms with van der Waals surface area (Å²) in [6.45, 7) is 6.57. The van der Waals surface area contributed by atoms with Gasteiger partial charge in [0.2, 0.25) is 0 Å². The number of nitrogens with two attached hydrogens (primary N) is 1. The standard InChI is InChI=1S/C28H27Cl2FN6O2/c1-14(2)22-25(15(3)8-10-33-22)37-27-16(26-24(28(37)38)34-20(13-29)36(26)11-9-32)12-17(30)23(35-27)21-18(31)6-5-7-19(21)39-4/h5-8,10,12,14H,9,11,13,32H2,1-4H3. The van der Waals surface area contributed by atoms with Crippen LogP contribution in [0.15, 0.2) is 41.3 Å². The minimum absolute atomic E-state index is 0.0100. The van der Waals surface area contributed by atoms with E-state index >= 15 is 4.39 Å². The maximum absolute atomic E-state index is 15.2. The fraction of sp³-hybridized carbons (Fsp3) is 0.286. The smallest absolute Gasteiger partial charge is 0.284 e. The first kappa shape index (κ1) is 27.1. The molecule has 1 aromatic carbocycles. The van der Waals surface area contributed by atoms with Crippen LogP contribution in [0.1, 0.15) is 36.8 Å². The van der Waals surface area contributed by atoms with Gasteiger partial charge < -0.3 is 15.0 Å². The Morgan fingerprint density at radius 2 is 1.97 bits per heavy atom. The van der Waals surface area contributed by atoms with Crippen molar-refractivity contribution in [3.8, 4) is 22.7 Å². The summed E-state index contributed by atoms with van der Waals surface area (Å²) in [6, 6.07) is 7.98. The number of halogens is 3. The number of hydrogen-bond donors (Lipinski definition) is 1. The van der Waals surface area contributed by atoms with Gasteiger partial charge in [-0.15, -0.1) is 11.6 Å². The Bertz CT molecular complexity index is 1800. The molecule has 0 aliphatic heterocycles. The van der Waals surface area contributed by atoms with Crippen LogP contribution < -0.4 is 16.0 Å². The highest BCUT2D eigenvalue weighted by Crippen LogP contribution is 2.39. The van der Waals surface area contributed by atoms with Gasteiger partial charge in [0.15, 0.2) is 11.2 Å². The topological polar surface area (TPSA) is 101 Å². The molecule has 0 radical (unpaired) electrons. The third-order valence-corrected chi connectivity index (χ3v) is 7.23. The molecule has 39 heavy (non-hydrogen) atoms. The zero-order valence-electron chi connectivity index (χ0n) is 21.9. The molecule has 11 heteroatoms. The SMILES string of the molecule is COc1cccc(F)c1-c1nc2c(cc1Cl)c1c(nc(CCl)n1CCN)c(=O)n2-c1c(C)ccnc1C(C)C. The van der Waals surface area contributed by atoms with Crippen molar-refractivity contribution < 1.29 is 9.13 Å². The van der Waals surface area contributed by atoms with E-state index in [1.807, 2.05) is 31.4 Å². The Labute approximate surface area is 234 Å². The van der Waals surface area contributed by atoms with Gasteiger partial charge in [-0.25, -0.2) is 14.4 Å². The number of nitrogens with zero attached hydrogens (tertiary/aromatic N) is 5. The van der Waals surface area contributed by atoms with Crippen LogP contribution in [-0.4, -0.2) is 37.7 Å². The van der Waals surface area contributed by atoms with E-state index in [1.54, 1.807) is 24.4 Å². The van der Waals surface area contributed by atoms with Gasteiger partial charge >= 0.3 is 0 Å². The van der Waals surface area contributed by atoms with Gasteiger partial charge in [-0.1, -0.05) is 31.5 Å². The summed E-state index contributed by atoms with van der Waals surface area (Å²) in [5.74, 6) is 0.262. The summed E-state index contributed by atoms with van der Waals surface area (Å²) >= 11 is 13.0. The number of aryl methyl sites for hydroxylation is 1. The van der Waals surface area contributed by atoms with Crippen molar-refractivity contribution in [1.29, 1.82) is 0 Å². The van der Waals surface area contributed by atoms with Crippen molar-refractivity contribution >= 4 is 45.3 Å². The van der Waals surface area contributed by atoms with Crippen LogP contribution in [0.25, 0.3) is 39.0 Å². The first-order valence-electron chi connectivity index (χ1n) is 12.4. The van der Waals surface area contributed by atoms with Crippen molar-refractivity contribution in [3.63, 3.8) is 0 Å². The molecule has 0 bridgehead atoms. The van der Waals surface area contributed by atoms with E-state index in [-0.39, 0.29) is 45.0 Å². The molecule has 4 heterocycles. The number of methoxy groups -OCH3 is 1. The van der Waals surface area contributed by atoms with E-state index in [0.29, 0.717) is 41.2 Å². The molecule has 2 N–H and O–H groups in total. The zero-order valence-corrected chi connectivity index (χ0v) is 23.4. The third-order valence-electron chi connectivity index (χ3n) is 6.70. The first-order chi connectivity index (χ1) is 18.7. The molecule has 0 amide bonds. The van der Waals surface area contributed by atoms with Crippen LogP contribution >= 0.6 is 23.2 Å². The number of fused-ring (bicyclic) bond motifs is 3. The largest absolute Gasteiger partial charge is 0.496 e. The minimum Gasteiger partial charge on any atom is -0.496 e. The molecule has 0 spiro atoms. The zero-order chi connectivity index (χ0) is 28.0. The maximum atomic E-state index is 15.2. The number of pyridine rings is 3. The lowest BCUT2D eigenvalue weighted by atomic mass is 10.0. The average Bonchev–Trinajstić information content (AvgIpc) is 3.28. The van der Waals surface area contributed by atoms with Crippen molar-refractivity contribution in [3.05, 3.63) is 74.8 Å². The number of alkyl halides is 1. The fourth-order valence-electron chi connectivity index (χ4n) is 4.99. The van der Waals surface area contributed by atoms with Crippen molar-refractivity contribution in [2.45, 2.75) is 39.1 Å². The molecule has 0 atom stereocenters. The lowest BCUT2D eigenvalue weighted by Crippen LogP contribution is -2.24. The molecular formula is C28H27Cl2FN6O2. The van der Waals surface area contributed by atoms with Gasteiger partial charge in [0, 0.05) is 24.7 Å². The van der Waals surface area contributed by atoms with Crippen LogP contribution in [0.2, 0.25) is 5.02 Å². The molecule has 5 aromatic rings. The Morgan fingerprint density at radius 1 is 1.21 bits per heavy atom. The van der Waals surface area contributed by atoms with Crippen LogP contribution in [-0.2, 0) is 12.4 Å². The first-order valence-corrected chi connectivity index (χ1v) is 13.3. The van der Waals surface area contributed by atoms with Crippen LogP contribution in [0.3, 0.4) is 0 Å². The Hall–Kier alpha value is -3.53. The molecule has 4 aromatic heterocycles. The van der Waals surface area contributed by atoms with Crippen molar-refractivity contribution in [1.82, 2.24) is 24.1 Å². The van der Waals surface area contributed by atoms with Gasteiger partial charge in [-0.3, -0.25) is 14.3 Å². The fourth-order valence-corrected chi connectivity index (χ4v) is 5.44. The summed E-state index contributed by atoms with van der Waals surface area (Å²) in [5.41, 5.74) is 8.85. The Kier molecular flexibility index (Phi) is 7.33. The lowest BCUT2D eigenvalue weighted by Gasteiger charge is -2.20. The van der Waals surface area contributed by atoms with E-state index < -0.39 is 11.4 Å². The number of hydrogen-bond acceptors (Lipinski definition) is 6. The maximum Gasteiger partial charge on any atom is 0.284 e. The van der Waals surface area contributed by atoms with Crippen molar-refractivity contribution in [2.75, 3.05) is 13.7 Å². The van der Waals surface area contributed by atoms with E-state index in [2.05, 4.69) is 9.97 Å². The average molecular weight is 569 g/mol. The van der Waals surface area contributed by atoms with Gasteiger partial charge in [-0.05, 0) is 42.7 Å². The molecular weight excluding hydrogens is 542 g/mol. The van der Waals surface area contributed by atoms with E-state index in [1.165, 1.54) is 17.7 Å². The highest BCUT2D eigenvalue weighted by atomic mass is 35.5. The number of rotatable bonds is 7. The molecule has 0 aliphatic carbocycles. The summed E-state index contributed by atoms with van der Waals surface area (Å²) in [6.07, 6.45) is 1.71. The van der Waals surface area contributed by atoms with E-state index in [4.69, 9.17) is 38.7 Å². The molecule has 8 nitrogen and oxygen atoms in total. The summed E-state index contributed by atoms with van der Waals surface area (Å²) in [7, 11) is 1.44.